The first-order valence-corrected chi connectivity index (χ1v) is 6.17. The van der Waals surface area contributed by atoms with Crippen molar-refractivity contribution in [2.75, 3.05) is 36.5 Å². The van der Waals surface area contributed by atoms with Gasteiger partial charge in [0.25, 0.3) is 0 Å². The molecule has 0 fully saturated rings. The van der Waals surface area contributed by atoms with Gasteiger partial charge in [-0.1, -0.05) is 0 Å². The Balaban J connectivity index is 2.64. The van der Waals surface area contributed by atoms with Gasteiger partial charge in [0.05, 0.1) is 6.61 Å². The second-order valence-corrected chi connectivity index (χ2v) is 3.94. The molecule has 0 aromatic heterocycles. The van der Waals surface area contributed by atoms with Crippen LogP contribution in [0.5, 0.6) is 0 Å². The largest absolute Gasteiger partial charge is 0.395 e. The van der Waals surface area contributed by atoms with Gasteiger partial charge in [0, 0.05) is 37.4 Å². The summed E-state index contributed by atoms with van der Waals surface area (Å²) in [4.78, 5) is 13.4. The van der Waals surface area contributed by atoms with Crippen LogP contribution in [0.25, 0.3) is 0 Å². The first-order valence-electron chi connectivity index (χ1n) is 6.17. The number of carbonyl (C=O) groups excluding carboxylic acids is 1. The number of nitrogens with zero attached hydrogens (tertiary/aromatic N) is 1. The lowest BCUT2D eigenvalue weighted by atomic mass is 10.2. The summed E-state index contributed by atoms with van der Waals surface area (Å²) in [7, 11) is 0. The number of benzene rings is 1. The van der Waals surface area contributed by atoms with Gasteiger partial charge in [-0.2, -0.15) is 0 Å². The zero-order valence-corrected chi connectivity index (χ0v) is 10.7. The van der Waals surface area contributed by atoms with Crippen molar-refractivity contribution in [3.05, 3.63) is 24.3 Å². The standard InChI is InChI=1S/C13H21N3O2/c1-2-16(9-10-17)12-5-3-11(4-6-12)15-13(18)7-8-14/h3-6,17H,2,7-10,14H2,1H3,(H,15,18). The molecule has 1 rings (SSSR count). The fraction of sp³-hybridized carbons (Fsp3) is 0.462. The summed E-state index contributed by atoms with van der Waals surface area (Å²) in [5.74, 6) is -0.0760. The fourth-order valence-electron chi connectivity index (χ4n) is 1.70. The van der Waals surface area contributed by atoms with E-state index in [0.717, 1.165) is 17.9 Å². The van der Waals surface area contributed by atoms with Crippen LogP contribution in [0.4, 0.5) is 11.4 Å². The second kappa shape index (κ2) is 7.68. The van der Waals surface area contributed by atoms with Crippen molar-refractivity contribution in [1.82, 2.24) is 0 Å². The molecule has 0 saturated carbocycles. The third-order valence-corrected chi connectivity index (χ3v) is 2.64. The summed E-state index contributed by atoms with van der Waals surface area (Å²) >= 11 is 0. The second-order valence-electron chi connectivity index (χ2n) is 3.94. The predicted molar refractivity (Wildman–Crippen MR) is 73.7 cm³/mol. The third kappa shape index (κ3) is 4.35. The van der Waals surface area contributed by atoms with Gasteiger partial charge in [-0.3, -0.25) is 4.79 Å². The minimum absolute atomic E-state index is 0.0760. The Hall–Kier alpha value is -1.59. The van der Waals surface area contributed by atoms with Crippen LogP contribution in [0.2, 0.25) is 0 Å². The van der Waals surface area contributed by atoms with Gasteiger partial charge < -0.3 is 21.1 Å². The average molecular weight is 251 g/mol. The summed E-state index contributed by atoms with van der Waals surface area (Å²) in [5, 5.41) is 11.7. The van der Waals surface area contributed by atoms with E-state index in [9.17, 15) is 4.79 Å². The zero-order chi connectivity index (χ0) is 13.4. The van der Waals surface area contributed by atoms with E-state index >= 15 is 0 Å². The Morgan fingerprint density at radius 1 is 1.39 bits per heavy atom. The molecule has 0 heterocycles. The summed E-state index contributed by atoms with van der Waals surface area (Å²) in [5.41, 5.74) is 7.10. The molecular weight excluding hydrogens is 230 g/mol. The predicted octanol–water partition coefficient (Wildman–Crippen LogP) is 0.792. The average Bonchev–Trinajstić information content (AvgIpc) is 2.37. The quantitative estimate of drug-likeness (QED) is 0.669. The molecule has 0 saturated heterocycles. The maximum absolute atomic E-state index is 11.4. The van der Waals surface area contributed by atoms with E-state index in [-0.39, 0.29) is 12.5 Å². The number of anilines is 2. The van der Waals surface area contributed by atoms with E-state index in [1.54, 1.807) is 0 Å². The molecule has 100 valence electrons. The smallest absolute Gasteiger partial charge is 0.225 e. The maximum Gasteiger partial charge on any atom is 0.225 e. The molecule has 0 aliphatic carbocycles. The summed E-state index contributed by atoms with van der Waals surface area (Å²) in [6.07, 6.45) is 0.327. The van der Waals surface area contributed by atoms with Crippen molar-refractivity contribution in [2.24, 2.45) is 5.73 Å². The number of nitrogens with two attached hydrogens (primary N) is 1. The maximum atomic E-state index is 11.4. The molecule has 0 atom stereocenters. The summed E-state index contributed by atoms with van der Waals surface area (Å²) in [6, 6.07) is 7.56. The van der Waals surface area contributed by atoms with Crippen LogP contribution in [-0.2, 0) is 4.79 Å². The first kappa shape index (κ1) is 14.5. The lowest BCUT2D eigenvalue weighted by Gasteiger charge is -2.22. The normalized spacial score (nSPS) is 10.2. The number of aliphatic hydroxyl groups is 1. The minimum atomic E-state index is -0.0760. The Kier molecular flexibility index (Phi) is 6.18. The van der Waals surface area contributed by atoms with Gasteiger partial charge in [0.2, 0.25) is 5.91 Å². The number of carbonyl (C=O) groups is 1. The number of nitrogens with one attached hydrogen (secondary N) is 1. The number of aliphatic hydroxyl groups excluding tert-OH is 1. The van der Waals surface area contributed by atoms with Gasteiger partial charge in [0.1, 0.15) is 0 Å². The van der Waals surface area contributed by atoms with Crippen molar-refractivity contribution >= 4 is 17.3 Å². The van der Waals surface area contributed by atoms with Crippen molar-refractivity contribution in [1.29, 1.82) is 0 Å². The highest BCUT2D eigenvalue weighted by molar-refractivity contribution is 5.90. The minimum Gasteiger partial charge on any atom is -0.395 e. The van der Waals surface area contributed by atoms with E-state index in [2.05, 4.69) is 10.2 Å². The molecule has 0 radical (unpaired) electrons. The van der Waals surface area contributed by atoms with Crippen LogP contribution in [0.3, 0.4) is 0 Å². The number of likely N-dealkylation sites (N-methyl/N-ethyl adjacent to an activating group) is 1. The summed E-state index contributed by atoms with van der Waals surface area (Å²) < 4.78 is 0. The highest BCUT2D eigenvalue weighted by atomic mass is 16.3. The van der Waals surface area contributed by atoms with Crippen molar-refractivity contribution < 1.29 is 9.90 Å². The Morgan fingerprint density at radius 2 is 2.06 bits per heavy atom. The van der Waals surface area contributed by atoms with E-state index < -0.39 is 0 Å². The van der Waals surface area contributed by atoms with Crippen LogP contribution in [-0.4, -0.2) is 37.3 Å². The molecular formula is C13H21N3O2. The first-order chi connectivity index (χ1) is 8.71. The number of amides is 1. The third-order valence-electron chi connectivity index (χ3n) is 2.64. The molecule has 0 bridgehead atoms. The van der Waals surface area contributed by atoms with Gasteiger partial charge >= 0.3 is 0 Å². The lowest BCUT2D eigenvalue weighted by Crippen LogP contribution is -2.26. The molecule has 0 aliphatic heterocycles. The summed E-state index contributed by atoms with van der Waals surface area (Å²) in [6.45, 7) is 3.95. The van der Waals surface area contributed by atoms with E-state index in [1.165, 1.54) is 0 Å². The van der Waals surface area contributed by atoms with Crippen LogP contribution in [0.1, 0.15) is 13.3 Å². The Labute approximate surface area is 108 Å². The van der Waals surface area contributed by atoms with E-state index in [1.807, 2.05) is 31.2 Å². The molecule has 1 amide bonds. The SMILES string of the molecule is CCN(CCO)c1ccc(NC(=O)CCN)cc1. The highest BCUT2D eigenvalue weighted by Crippen LogP contribution is 2.17. The molecule has 18 heavy (non-hydrogen) atoms. The fourth-order valence-corrected chi connectivity index (χ4v) is 1.70. The van der Waals surface area contributed by atoms with Gasteiger partial charge in [-0.05, 0) is 31.2 Å². The Morgan fingerprint density at radius 3 is 2.56 bits per heavy atom. The van der Waals surface area contributed by atoms with Crippen LogP contribution >= 0.6 is 0 Å². The molecule has 5 nitrogen and oxygen atoms in total. The van der Waals surface area contributed by atoms with Crippen LogP contribution in [0, 0.1) is 0 Å². The molecule has 1 aromatic carbocycles. The van der Waals surface area contributed by atoms with Crippen LogP contribution in [0.15, 0.2) is 24.3 Å². The highest BCUT2D eigenvalue weighted by Gasteiger charge is 2.04. The molecule has 0 aliphatic rings. The number of hydrogen-bond donors (Lipinski definition) is 3. The number of hydrogen-bond acceptors (Lipinski definition) is 4. The molecule has 0 spiro atoms. The van der Waals surface area contributed by atoms with Gasteiger partial charge in [-0.25, -0.2) is 0 Å². The lowest BCUT2D eigenvalue weighted by molar-refractivity contribution is -0.116. The van der Waals surface area contributed by atoms with Crippen molar-refractivity contribution in [2.45, 2.75) is 13.3 Å². The monoisotopic (exact) mass is 251 g/mol. The molecule has 1 aromatic rings. The van der Waals surface area contributed by atoms with Gasteiger partial charge in [0.15, 0.2) is 0 Å². The van der Waals surface area contributed by atoms with E-state index in [0.29, 0.717) is 19.5 Å². The van der Waals surface area contributed by atoms with E-state index in [4.69, 9.17) is 10.8 Å². The molecule has 0 unspecified atom stereocenters. The topological polar surface area (TPSA) is 78.6 Å². The zero-order valence-electron chi connectivity index (χ0n) is 10.7. The van der Waals surface area contributed by atoms with Crippen molar-refractivity contribution in [3.8, 4) is 0 Å². The van der Waals surface area contributed by atoms with Crippen LogP contribution < -0.4 is 16.0 Å². The Bertz CT molecular complexity index is 365. The number of rotatable bonds is 7. The molecule has 5 heteroatoms. The van der Waals surface area contributed by atoms with Crippen molar-refractivity contribution in [3.63, 3.8) is 0 Å². The van der Waals surface area contributed by atoms with Gasteiger partial charge in [-0.15, -0.1) is 0 Å². The molecule has 4 N–H and O–H groups in total.